The Morgan fingerprint density at radius 1 is 1.13 bits per heavy atom. The van der Waals surface area contributed by atoms with E-state index < -0.39 is 0 Å². The second-order valence-corrected chi connectivity index (χ2v) is 4.33. The number of rotatable bonds is 2. The molecule has 2 aliphatic rings. The Kier molecular flexibility index (Phi) is 4.86. The molecule has 4 heteroatoms. The van der Waals surface area contributed by atoms with Gasteiger partial charge in [0.05, 0.1) is 25.9 Å². The van der Waals surface area contributed by atoms with Gasteiger partial charge in [0.25, 0.3) is 0 Å². The van der Waals surface area contributed by atoms with Crippen LogP contribution in [0.25, 0.3) is 0 Å². The van der Waals surface area contributed by atoms with Crippen molar-refractivity contribution in [3.05, 3.63) is 0 Å². The van der Waals surface area contributed by atoms with E-state index in [-0.39, 0.29) is 0 Å². The van der Waals surface area contributed by atoms with Gasteiger partial charge in [0.15, 0.2) is 0 Å². The molecule has 2 fully saturated rings. The molecular formula is C11H22N2O2. The van der Waals surface area contributed by atoms with Gasteiger partial charge in [-0.3, -0.25) is 0 Å². The Labute approximate surface area is 91.9 Å². The largest absolute Gasteiger partial charge is 0.376 e. The summed E-state index contributed by atoms with van der Waals surface area (Å²) in [7, 11) is 0. The van der Waals surface area contributed by atoms with Crippen LogP contribution < -0.4 is 5.32 Å². The molecule has 0 aromatic rings. The second-order valence-electron chi connectivity index (χ2n) is 4.33. The topological polar surface area (TPSA) is 33.7 Å². The average Bonchev–Trinajstić information content (AvgIpc) is 2.23. The van der Waals surface area contributed by atoms with Crippen LogP contribution in [0.3, 0.4) is 0 Å². The molecule has 0 saturated carbocycles. The van der Waals surface area contributed by atoms with E-state index in [1.54, 1.807) is 0 Å². The molecule has 1 atom stereocenters. The molecule has 88 valence electrons. The van der Waals surface area contributed by atoms with Gasteiger partial charge < -0.3 is 19.7 Å². The van der Waals surface area contributed by atoms with Crippen molar-refractivity contribution in [2.45, 2.75) is 18.9 Å². The maximum Gasteiger partial charge on any atom is 0.0936 e. The van der Waals surface area contributed by atoms with Crippen LogP contribution in [-0.4, -0.2) is 63.5 Å². The van der Waals surface area contributed by atoms with Crippen LogP contribution in [0.5, 0.6) is 0 Å². The highest BCUT2D eigenvalue weighted by molar-refractivity contribution is 4.70. The van der Waals surface area contributed by atoms with E-state index in [2.05, 4.69) is 10.2 Å². The second kappa shape index (κ2) is 6.43. The summed E-state index contributed by atoms with van der Waals surface area (Å²) in [6, 6.07) is 0. The van der Waals surface area contributed by atoms with Crippen molar-refractivity contribution in [1.29, 1.82) is 0 Å². The molecule has 4 nitrogen and oxygen atoms in total. The number of nitrogens with zero attached hydrogens (tertiary/aromatic N) is 1. The summed E-state index contributed by atoms with van der Waals surface area (Å²) in [5.74, 6) is 0. The van der Waals surface area contributed by atoms with Crippen molar-refractivity contribution < 1.29 is 9.47 Å². The highest BCUT2D eigenvalue weighted by Gasteiger charge is 2.18. The molecule has 2 rings (SSSR count). The first-order valence-corrected chi connectivity index (χ1v) is 6.07. The SMILES string of the molecule is C1CNCCCN(CC2COCCO2)C1. The average molecular weight is 214 g/mol. The third-order valence-corrected chi connectivity index (χ3v) is 3.00. The first-order chi connectivity index (χ1) is 7.45. The minimum absolute atomic E-state index is 0.297. The molecule has 0 aromatic carbocycles. The predicted octanol–water partition coefficient (Wildman–Crippen LogP) is 0.0872. The Hall–Kier alpha value is -0.160. The predicted molar refractivity (Wildman–Crippen MR) is 59.1 cm³/mol. The monoisotopic (exact) mass is 214 g/mol. The summed E-state index contributed by atoms with van der Waals surface area (Å²) < 4.78 is 11.1. The van der Waals surface area contributed by atoms with E-state index in [1.165, 1.54) is 25.9 Å². The van der Waals surface area contributed by atoms with Gasteiger partial charge in [0.1, 0.15) is 0 Å². The fourth-order valence-electron chi connectivity index (χ4n) is 2.20. The first kappa shape index (κ1) is 11.3. The van der Waals surface area contributed by atoms with Gasteiger partial charge in [-0.25, -0.2) is 0 Å². The summed E-state index contributed by atoms with van der Waals surface area (Å²) >= 11 is 0. The van der Waals surface area contributed by atoms with Gasteiger partial charge in [-0.2, -0.15) is 0 Å². The lowest BCUT2D eigenvalue weighted by Crippen LogP contribution is -2.42. The number of hydrogen-bond donors (Lipinski definition) is 1. The summed E-state index contributed by atoms with van der Waals surface area (Å²) in [4.78, 5) is 2.51. The van der Waals surface area contributed by atoms with Crippen molar-refractivity contribution in [3.63, 3.8) is 0 Å². The minimum Gasteiger partial charge on any atom is -0.376 e. The van der Waals surface area contributed by atoms with E-state index in [4.69, 9.17) is 9.47 Å². The molecule has 0 bridgehead atoms. The van der Waals surface area contributed by atoms with Crippen molar-refractivity contribution in [3.8, 4) is 0 Å². The number of ether oxygens (including phenoxy) is 2. The van der Waals surface area contributed by atoms with Crippen LogP contribution in [0.15, 0.2) is 0 Å². The summed E-state index contributed by atoms with van der Waals surface area (Å²) in [6.07, 6.45) is 2.78. The maximum atomic E-state index is 5.67. The lowest BCUT2D eigenvalue weighted by atomic mass is 10.2. The fraction of sp³-hybridized carbons (Fsp3) is 1.00. The molecule has 2 aliphatic heterocycles. The zero-order chi connectivity index (χ0) is 10.3. The Morgan fingerprint density at radius 3 is 2.60 bits per heavy atom. The lowest BCUT2D eigenvalue weighted by molar-refractivity contribution is -0.0977. The zero-order valence-corrected chi connectivity index (χ0v) is 9.41. The van der Waals surface area contributed by atoms with Crippen molar-refractivity contribution in [2.24, 2.45) is 0 Å². The van der Waals surface area contributed by atoms with Crippen molar-refractivity contribution >= 4 is 0 Å². The van der Waals surface area contributed by atoms with E-state index >= 15 is 0 Å². The van der Waals surface area contributed by atoms with Crippen molar-refractivity contribution in [2.75, 3.05) is 52.5 Å². The quantitative estimate of drug-likeness (QED) is 0.706. The minimum atomic E-state index is 0.297. The third-order valence-electron chi connectivity index (χ3n) is 3.00. The fourth-order valence-corrected chi connectivity index (χ4v) is 2.20. The van der Waals surface area contributed by atoms with E-state index in [0.29, 0.717) is 6.10 Å². The molecule has 1 unspecified atom stereocenters. The van der Waals surface area contributed by atoms with E-state index in [1.807, 2.05) is 0 Å². The maximum absolute atomic E-state index is 5.67. The van der Waals surface area contributed by atoms with E-state index in [0.717, 1.165) is 39.5 Å². The highest BCUT2D eigenvalue weighted by atomic mass is 16.6. The molecule has 0 aliphatic carbocycles. The van der Waals surface area contributed by atoms with Crippen LogP contribution in [0.1, 0.15) is 12.8 Å². The van der Waals surface area contributed by atoms with Gasteiger partial charge in [0.2, 0.25) is 0 Å². The van der Waals surface area contributed by atoms with E-state index in [9.17, 15) is 0 Å². The normalized spacial score (nSPS) is 30.8. The molecule has 1 N–H and O–H groups in total. The van der Waals surface area contributed by atoms with Gasteiger partial charge in [0, 0.05) is 6.54 Å². The third kappa shape index (κ3) is 4.07. The Bertz CT molecular complexity index is 164. The van der Waals surface area contributed by atoms with Crippen LogP contribution >= 0.6 is 0 Å². The van der Waals surface area contributed by atoms with Gasteiger partial charge in [-0.15, -0.1) is 0 Å². The van der Waals surface area contributed by atoms with Crippen molar-refractivity contribution in [1.82, 2.24) is 10.2 Å². The highest BCUT2D eigenvalue weighted by Crippen LogP contribution is 2.05. The molecule has 0 spiro atoms. The molecule has 2 saturated heterocycles. The first-order valence-electron chi connectivity index (χ1n) is 6.07. The summed E-state index contributed by atoms with van der Waals surface area (Å²) in [5.41, 5.74) is 0. The van der Waals surface area contributed by atoms with Gasteiger partial charge in [-0.05, 0) is 39.0 Å². The summed E-state index contributed by atoms with van der Waals surface area (Å²) in [6.45, 7) is 8.02. The molecule has 0 aromatic heterocycles. The van der Waals surface area contributed by atoms with Gasteiger partial charge in [-0.1, -0.05) is 0 Å². The molecule has 15 heavy (non-hydrogen) atoms. The Balaban J connectivity index is 1.70. The number of nitrogens with one attached hydrogen (secondary N) is 1. The zero-order valence-electron chi connectivity index (χ0n) is 9.41. The Morgan fingerprint density at radius 2 is 1.93 bits per heavy atom. The van der Waals surface area contributed by atoms with Crippen LogP contribution in [0, 0.1) is 0 Å². The van der Waals surface area contributed by atoms with Crippen LogP contribution in [0.2, 0.25) is 0 Å². The molecule has 2 heterocycles. The smallest absolute Gasteiger partial charge is 0.0936 e. The molecular weight excluding hydrogens is 192 g/mol. The van der Waals surface area contributed by atoms with Crippen LogP contribution in [0.4, 0.5) is 0 Å². The molecule has 0 amide bonds. The standard InChI is InChI=1S/C11H22N2O2/c1-3-12-4-2-6-13(5-1)9-11-10-14-7-8-15-11/h11-12H,1-10H2. The molecule has 0 radical (unpaired) electrons. The number of hydrogen-bond acceptors (Lipinski definition) is 4. The van der Waals surface area contributed by atoms with Crippen LogP contribution in [-0.2, 0) is 9.47 Å². The van der Waals surface area contributed by atoms with Gasteiger partial charge >= 0.3 is 0 Å². The summed E-state index contributed by atoms with van der Waals surface area (Å²) in [5, 5.41) is 3.43. The lowest BCUT2D eigenvalue weighted by Gasteiger charge is -2.31.